The lowest BCUT2D eigenvalue weighted by Gasteiger charge is -2.17. The molecule has 12 heteroatoms. The molecule has 2 aromatic carbocycles. The number of anilines is 2. The Hall–Kier alpha value is -3.93. The van der Waals surface area contributed by atoms with E-state index in [1.165, 1.54) is 11.1 Å². The smallest absolute Gasteiger partial charge is 0.280 e. The number of phenolic OH excluding ortho intramolecular Hbond substituents is 1. The molecular formula is C29H39ClN8O3. The average molecular weight is 583 g/mol. The van der Waals surface area contributed by atoms with E-state index in [0.29, 0.717) is 18.7 Å². The van der Waals surface area contributed by atoms with Crippen molar-refractivity contribution in [1.29, 1.82) is 0 Å². The first-order chi connectivity index (χ1) is 19.6. The summed E-state index contributed by atoms with van der Waals surface area (Å²) in [7, 11) is 0. The van der Waals surface area contributed by atoms with Gasteiger partial charge >= 0.3 is 0 Å². The minimum atomic E-state index is -0.660. The summed E-state index contributed by atoms with van der Waals surface area (Å²) in [4.78, 5) is 24.1. The summed E-state index contributed by atoms with van der Waals surface area (Å²) in [5.41, 5.74) is 20.1. The number of hydrogen-bond donors (Lipinski definition) is 7. The van der Waals surface area contributed by atoms with E-state index in [0.717, 1.165) is 38.5 Å². The fourth-order valence-corrected chi connectivity index (χ4v) is 4.34. The van der Waals surface area contributed by atoms with Crippen molar-refractivity contribution in [2.75, 3.05) is 24.6 Å². The first kappa shape index (κ1) is 31.6. The van der Waals surface area contributed by atoms with Gasteiger partial charge in [0, 0.05) is 19.1 Å². The quantitative estimate of drug-likeness (QED) is 0.0847. The molecule has 2 atom stereocenters. The van der Waals surface area contributed by atoms with Gasteiger partial charge in [0.05, 0.1) is 6.10 Å². The first-order valence-electron chi connectivity index (χ1n) is 13.6. The van der Waals surface area contributed by atoms with Gasteiger partial charge < -0.3 is 32.7 Å². The molecule has 10 N–H and O–H groups in total. The number of halogens is 1. The topological polar surface area (TPSA) is 198 Å². The van der Waals surface area contributed by atoms with Crippen LogP contribution in [0.2, 0.25) is 5.15 Å². The lowest BCUT2D eigenvalue weighted by Crippen LogP contribution is -2.38. The fourth-order valence-electron chi connectivity index (χ4n) is 4.21. The average Bonchev–Trinajstić information content (AvgIpc) is 2.94. The highest BCUT2D eigenvalue weighted by atomic mass is 35.5. The predicted molar refractivity (Wildman–Crippen MR) is 163 cm³/mol. The van der Waals surface area contributed by atoms with Crippen LogP contribution in [0.1, 0.15) is 65.9 Å². The molecule has 3 aromatic rings. The van der Waals surface area contributed by atoms with Crippen molar-refractivity contribution in [3.8, 4) is 5.75 Å². The summed E-state index contributed by atoms with van der Waals surface area (Å²) in [6.07, 6.45) is 5.01. The lowest BCUT2D eigenvalue weighted by molar-refractivity contribution is 0.0972. The van der Waals surface area contributed by atoms with Crippen LogP contribution in [0.4, 0.5) is 11.6 Å². The van der Waals surface area contributed by atoms with Crippen molar-refractivity contribution < 1.29 is 15.0 Å². The summed E-state index contributed by atoms with van der Waals surface area (Å²) >= 11 is 5.81. The number of nitrogens with zero attached hydrogens (tertiary/aromatic N) is 3. The summed E-state index contributed by atoms with van der Waals surface area (Å²) in [6.45, 7) is 3.02. The number of aromatic hydroxyl groups is 1. The van der Waals surface area contributed by atoms with Crippen LogP contribution in [0, 0.1) is 0 Å². The minimum absolute atomic E-state index is 0.0364. The second-order valence-corrected chi connectivity index (χ2v) is 10.3. The Morgan fingerprint density at radius 1 is 1.02 bits per heavy atom. The number of nitrogens with two attached hydrogens (primary N) is 3. The molecule has 41 heavy (non-hydrogen) atoms. The van der Waals surface area contributed by atoms with Crippen LogP contribution < -0.4 is 27.8 Å². The van der Waals surface area contributed by atoms with E-state index in [1.54, 1.807) is 24.3 Å². The molecule has 0 aliphatic rings. The molecular weight excluding hydrogens is 544 g/mol. The number of aliphatic hydroxyl groups excluding tert-OH is 1. The second kappa shape index (κ2) is 15.8. The van der Waals surface area contributed by atoms with Gasteiger partial charge in [-0.1, -0.05) is 48.0 Å². The summed E-state index contributed by atoms with van der Waals surface area (Å²) < 4.78 is 0. The van der Waals surface area contributed by atoms with Crippen LogP contribution in [-0.2, 0) is 12.8 Å². The summed E-state index contributed by atoms with van der Waals surface area (Å²) in [6, 6.07) is 15.6. The van der Waals surface area contributed by atoms with Gasteiger partial charge in [-0.15, -0.1) is 0 Å². The molecule has 11 nitrogen and oxygen atoms in total. The number of unbranched alkanes of at least 4 members (excludes halogenated alkanes) is 1. The molecule has 0 aliphatic heterocycles. The van der Waals surface area contributed by atoms with E-state index in [-0.39, 0.29) is 40.2 Å². The van der Waals surface area contributed by atoms with E-state index >= 15 is 0 Å². The SMILES string of the molecule is CC(CCCc1ccc(CCCCN=C(N)NC(=O)c2nc(Cl)c(N)nc2N)cc1)NCC(O)c1cccc(O)c1. The number of carbonyl (C=O) groups excluding carboxylic acids is 1. The van der Waals surface area contributed by atoms with Gasteiger partial charge in [-0.25, -0.2) is 9.97 Å². The highest BCUT2D eigenvalue weighted by Crippen LogP contribution is 2.19. The normalized spacial score (nSPS) is 13.1. The maximum Gasteiger partial charge on any atom is 0.280 e. The van der Waals surface area contributed by atoms with Crippen LogP contribution in [0.25, 0.3) is 0 Å². The van der Waals surface area contributed by atoms with Crippen molar-refractivity contribution in [2.24, 2.45) is 10.7 Å². The van der Waals surface area contributed by atoms with Gasteiger partial charge in [-0.05, 0) is 74.3 Å². The maximum absolute atomic E-state index is 12.3. The van der Waals surface area contributed by atoms with Gasteiger partial charge in [0.2, 0.25) is 0 Å². The third-order valence-electron chi connectivity index (χ3n) is 6.56. The molecule has 0 radical (unpaired) electrons. The highest BCUT2D eigenvalue weighted by molar-refractivity contribution is 6.31. The Labute approximate surface area is 245 Å². The molecule has 1 heterocycles. The molecule has 1 amide bonds. The van der Waals surface area contributed by atoms with E-state index in [9.17, 15) is 15.0 Å². The number of carbonyl (C=O) groups is 1. The highest BCUT2D eigenvalue weighted by Gasteiger charge is 2.16. The number of aliphatic hydroxyl groups is 1. The molecule has 0 saturated carbocycles. The monoisotopic (exact) mass is 582 g/mol. The number of phenols is 1. The first-order valence-corrected chi connectivity index (χ1v) is 14.0. The number of hydrogen-bond acceptors (Lipinski definition) is 9. The number of aliphatic imine (C=N–C) groups is 1. The lowest BCUT2D eigenvalue weighted by atomic mass is 10.0. The number of nitrogen functional groups attached to an aromatic ring is 2. The molecule has 220 valence electrons. The number of benzene rings is 2. The largest absolute Gasteiger partial charge is 0.508 e. The zero-order valence-electron chi connectivity index (χ0n) is 23.2. The Morgan fingerprint density at radius 3 is 2.39 bits per heavy atom. The van der Waals surface area contributed by atoms with E-state index in [1.807, 2.05) is 0 Å². The van der Waals surface area contributed by atoms with Crippen molar-refractivity contribution >= 4 is 35.1 Å². The Bertz CT molecular complexity index is 1320. The minimum Gasteiger partial charge on any atom is -0.508 e. The summed E-state index contributed by atoms with van der Waals surface area (Å²) in [5, 5.41) is 25.6. The molecule has 1 aromatic heterocycles. The van der Waals surface area contributed by atoms with Crippen molar-refractivity contribution in [1.82, 2.24) is 20.6 Å². The second-order valence-electron chi connectivity index (χ2n) is 9.94. The zero-order valence-corrected chi connectivity index (χ0v) is 23.9. The van der Waals surface area contributed by atoms with Gasteiger partial charge in [0.25, 0.3) is 5.91 Å². The van der Waals surface area contributed by atoms with Crippen LogP contribution in [0.5, 0.6) is 5.75 Å². The zero-order chi connectivity index (χ0) is 29.8. The van der Waals surface area contributed by atoms with Crippen LogP contribution >= 0.6 is 11.6 Å². The van der Waals surface area contributed by atoms with Gasteiger partial charge in [-0.2, -0.15) is 0 Å². The molecule has 0 spiro atoms. The van der Waals surface area contributed by atoms with Gasteiger partial charge in [-0.3, -0.25) is 15.1 Å². The van der Waals surface area contributed by atoms with E-state index < -0.39 is 12.0 Å². The fraction of sp³-hybridized carbons (Fsp3) is 0.379. The molecule has 3 rings (SSSR count). The molecule has 0 bridgehead atoms. The molecule has 0 aliphatic carbocycles. The van der Waals surface area contributed by atoms with Crippen molar-refractivity contribution in [2.45, 2.75) is 57.6 Å². The third-order valence-corrected chi connectivity index (χ3v) is 6.84. The number of aryl methyl sites for hydroxylation is 2. The molecule has 0 fully saturated rings. The molecule has 2 unspecified atom stereocenters. The Balaban J connectivity index is 1.30. The number of aromatic nitrogens is 2. The number of rotatable bonds is 14. The number of guanidine groups is 1. The molecule has 0 saturated heterocycles. The van der Waals surface area contributed by atoms with Crippen LogP contribution in [0.3, 0.4) is 0 Å². The van der Waals surface area contributed by atoms with Crippen LogP contribution in [-0.4, -0.2) is 51.2 Å². The standard InChI is InChI=1S/C29H39ClN8O3/c1-18(35-17-23(40)21-9-5-10-22(39)16-21)6-4-8-20-13-11-19(12-14-20)7-2-3-15-34-29(33)38-28(41)24-26(31)37-27(32)25(30)36-24/h5,9-14,16,18,23,35,39-40H,2-4,6-8,15,17H2,1H3,(H4,31,32,37)(H3,33,34,38,41). The number of amides is 1. The third kappa shape index (κ3) is 10.5. The van der Waals surface area contributed by atoms with E-state index in [4.69, 9.17) is 28.8 Å². The Morgan fingerprint density at radius 2 is 1.71 bits per heavy atom. The predicted octanol–water partition coefficient (Wildman–Crippen LogP) is 3.10. The summed E-state index contributed by atoms with van der Waals surface area (Å²) in [5.74, 6) is -0.744. The Kier molecular flexibility index (Phi) is 12.1. The van der Waals surface area contributed by atoms with Crippen molar-refractivity contribution in [3.05, 3.63) is 76.1 Å². The van der Waals surface area contributed by atoms with Crippen LogP contribution in [0.15, 0.2) is 53.5 Å². The van der Waals surface area contributed by atoms with E-state index in [2.05, 4.69) is 56.8 Å². The van der Waals surface area contributed by atoms with Gasteiger partial charge in [0.15, 0.2) is 28.4 Å². The number of nitrogens with one attached hydrogen (secondary N) is 2. The van der Waals surface area contributed by atoms with Gasteiger partial charge in [0.1, 0.15) is 5.75 Å². The van der Waals surface area contributed by atoms with Crippen molar-refractivity contribution in [3.63, 3.8) is 0 Å². The maximum atomic E-state index is 12.3.